The Labute approximate surface area is 114 Å². The molecule has 1 amide bonds. The molecule has 19 heavy (non-hydrogen) atoms. The van der Waals surface area contributed by atoms with E-state index < -0.39 is 6.10 Å². The van der Waals surface area contributed by atoms with Gasteiger partial charge in [0.15, 0.2) is 6.10 Å². The number of nitrogens with one attached hydrogen (secondary N) is 1. The summed E-state index contributed by atoms with van der Waals surface area (Å²) in [5, 5.41) is 12.0. The lowest BCUT2D eigenvalue weighted by Gasteiger charge is -2.22. The van der Waals surface area contributed by atoms with Gasteiger partial charge in [-0.25, -0.2) is 0 Å². The molecule has 1 unspecified atom stereocenters. The summed E-state index contributed by atoms with van der Waals surface area (Å²) in [7, 11) is 0. The molecule has 0 saturated carbocycles. The Balaban J connectivity index is 2.55. The summed E-state index contributed by atoms with van der Waals surface area (Å²) in [5.74, 6) is 0.632. The molecule has 0 radical (unpaired) electrons. The number of aryl methyl sites for hydroxylation is 1. The molecule has 0 aromatic heterocycles. The Morgan fingerprint density at radius 2 is 1.84 bits per heavy atom. The van der Waals surface area contributed by atoms with E-state index in [0.717, 1.165) is 5.56 Å². The largest absolute Gasteiger partial charge is 0.481 e. The highest BCUT2D eigenvalue weighted by atomic mass is 16.5. The lowest BCUT2D eigenvalue weighted by atomic mass is 10.1. The Kier molecular flexibility index (Phi) is 5.83. The minimum absolute atomic E-state index is 0.0688. The van der Waals surface area contributed by atoms with E-state index in [1.54, 1.807) is 6.92 Å². The first-order valence-corrected chi connectivity index (χ1v) is 6.58. The first-order chi connectivity index (χ1) is 8.93. The van der Waals surface area contributed by atoms with Crippen LogP contribution < -0.4 is 10.1 Å². The monoisotopic (exact) mass is 265 g/mol. The van der Waals surface area contributed by atoms with Gasteiger partial charge in [0.2, 0.25) is 0 Å². The number of hydrogen-bond donors (Lipinski definition) is 2. The zero-order valence-electron chi connectivity index (χ0n) is 12.0. The molecular weight excluding hydrogens is 242 g/mol. The third-order valence-corrected chi connectivity index (χ3v) is 3.03. The van der Waals surface area contributed by atoms with Gasteiger partial charge in [0.25, 0.3) is 5.91 Å². The summed E-state index contributed by atoms with van der Waals surface area (Å²) >= 11 is 0. The molecule has 2 N–H and O–H groups in total. The number of aliphatic hydroxyl groups is 1. The molecule has 4 heteroatoms. The second-order valence-corrected chi connectivity index (χ2v) is 5.11. The van der Waals surface area contributed by atoms with Gasteiger partial charge in [-0.3, -0.25) is 4.79 Å². The summed E-state index contributed by atoms with van der Waals surface area (Å²) in [6, 6.07) is 7.31. The fourth-order valence-corrected chi connectivity index (χ4v) is 1.60. The van der Waals surface area contributed by atoms with Crippen LogP contribution in [0.3, 0.4) is 0 Å². The Bertz CT molecular complexity index is 400. The number of carbonyl (C=O) groups is 1. The molecule has 0 aliphatic heterocycles. The van der Waals surface area contributed by atoms with Crippen LogP contribution in [0.4, 0.5) is 0 Å². The average molecular weight is 265 g/mol. The van der Waals surface area contributed by atoms with Crippen molar-refractivity contribution in [2.24, 2.45) is 5.92 Å². The highest BCUT2D eigenvalue weighted by Crippen LogP contribution is 2.13. The van der Waals surface area contributed by atoms with Gasteiger partial charge in [-0.15, -0.1) is 0 Å². The first kappa shape index (κ1) is 15.5. The van der Waals surface area contributed by atoms with E-state index in [2.05, 4.69) is 5.32 Å². The van der Waals surface area contributed by atoms with Crippen molar-refractivity contribution in [2.45, 2.75) is 39.8 Å². The molecule has 1 aromatic carbocycles. The van der Waals surface area contributed by atoms with Gasteiger partial charge in [0.05, 0.1) is 12.6 Å². The lowest BCUT2D eigenvalue weighted by Crippen LogP contribution is -2.46. The zero-order valence-corrected chi connectivity index (χ0v) is 12.0. The second-order valence-electron chi connectivity index (χ2n) is 5.11. The van der Waals surface area contributed by atoms with Gasteiger partial charge in [0.1, 0.15) is 5.75 Å². The van der Waals surface area contributed by atoms with Crippen LogP contribution in [0.1, 0.15) is 26.3 Å². The van der Waals surface area contributed by atoms with Crippen LogP contribution in [0, 0.1) is 12.8 Å². The number of ether oxygens (including phenoxy) is 1. The minimum atomic E-state index is -0.587. The van der Waals surface area contributed by atoms with Crippen LogP contribution in [0.25, 0.3) is 0 Å². The number of carbonyl (C=O) groups excluding carboxylic acids is 1. The van der Waals surface area contributed by atoms with Crippen LogP contribution in [0.5, 0.6) is 5.75 Å². The topological polar surface area (TPSA) is 58.6 Å². The van der Waals surface area contributed by atoms with Crippen molar-refractivity contribution in [1.29, 1.82) is 0 Å². The molecule has 0 heterocycles. The predicted molar refractivity (Wildman–Crippen MR) is 75.1 cm³/mol. The highest BCUT2D eigenvalue weighted by Gasteiger charge is 2.20. The molecule has 1 rings (SSSR count). The molecule has 106 valence electrons. The smallest absolute Gasteiger partial charge is 0.261 e. The summed E-state index contributed by atoms with van der Waals surface area (Å²) < 4.78 is 5.56. The molecule has 0 saturated heterocycles. The third kappa shape index (κ3) is 4.91. The van der Waals surface area contributed by atoms with Crippen molar-refractivity contribution in [3.05, 3.63) is 29.8 Å². The maximum absolute atomic E-state index is 11.9. The lowest BCUT2D eigenvalue weighted by molar-refractivity contribution is -0.128. The fraction of sp³-hybridized carbons (Fsp3) is 0.533. The van der Waals surface area contributed by atoms with Gasteiger partial charge in [-0.1, -0.05) is 31.5 Å². The van der Waals surface area contributed by atoms with Crippen LogP contribution >= 0.6 is 0 Å². The van der Waals surface area contributed by atoms with E-state index in [1.165, 1.54) is 0 Å². The van der Waals surface area contributed by atoms with E-state index in [-0.39, 0.29) is 24.5 Å². The van der Waals surface area contributed by atoms with Gasteiger partial charge in [-0.05, 0) is 31.9 Å². The van der Waals surface area contributed by atoms with E-state index in [4.69, 9.17) is 4.74 Å². The van der Waals surface area contributed by atoms with Crippen molar-refractivity contribution in [2.75, 3.05) is 6.61 Å². The van der Waals surface area contributed by atoms with Crippen LogP contribution in [-0.2, 0) is 4.79 Å². The van der Waals surface area contributed by atoms with Crippen molar-refractivity contribution in [3.8, 4) is 5.75 Å². The van der Waals surface area contributed by atoms with Gasteiger partial charge < -0.3 is 15.2 Å². The van der Waals surface area contributed by atoms with Crippen molar-refractivity contribution >= 4 is 5.91 Å². The van der Waals surface area contributed by atoms with E-state index in [9.17, 15) is 9.90 Å². The number of aliphatic hydroxyl groups excluding tert-OH is 1. The first-order valence-electron chi connectivity index (χ1n) is 6.58. The molecule has 0 aliphatic carbocycles. The maximum Gasteiger partial charge on any atom is 0.261 e. The normalized spacial score (nSPS) is 14.0. The van der Waals surface area contributed by atoms with Crippen molar-refractivity contribution in [3.63, 3.8) is 0 Å². The summed E-state index contributed by atoms with van der Waals surface area (Å²) in [4.78, 5) is 11.9. The molecule has 2 atom stereocenters. The second kappa shape index (κ2) is 7.14. The number of hydrogen-bond acceptors (Lipinski definition) is 3. The van der Waals surface area contributed by atoms with Crippen LogP contribution in [0.15, 0.2) is 24.3 Å². The van der Waals surface area contributed by atoms with E-state index in [1.807, 2.05) is 45.0 Å². The van der Waals surface area contributed by atoms with Gasteiger partial charge in [0, 0.05) is 0 Å². The van der Waals surface area contributed by atoms with Gasteiger partial charge >= 0.3 is 0 Å². The number of benzene rings is 1. The van der Waals surface area contributed by atoms with Crippen molar-refractivity contribution < 1.29 is 14.6 Å². The number of amides is 1. The molecule has 0 fully saturated rings. The highest BCUT2D eigenvalue weighted by molar-refractivity contribution is 5.81. The van der Waals surface area contributed by atoms with Gasteiger partial charge in [-0.2, -0.15) is 0 Å². The quantitative estimate of drug-likeness (QED) is 0.826. The predicted octanol–water partition coefficient (Wildman–Crippen LogP) is 1.90. The van der Waals surface area contributed by atoms with Crippen LogP contribution in [0.2, 0.25) is 0 Å². The molecule has 4 nitrogen and oxygen atoms in total. The molecule has 0 bridgehead atoms. The summed E-state index contributed by atoms with van der Waals surface area (Å²) in [5.41, 5.74) is 1.14. The SMILES string of the molecule is Cc1ccc(OC(C)C(=O)N[C@H](CO)C(C)C)cc1. The third-order valence-electron chi connectivity index (χ3n) is 3.03. The Hall–Kier alpha value is -1.55. The molecule has 0 aliphatic rings. The average Bonchev–Trinajstić information content (AvgIpc) is 2.37. The molecule has 0 spiro atoms. The zero-order chi connectivity index (χ0) is 14.4. The Morgan fingerprint density at radius 3 is 2.32 bits per heavy atom. The molecular formula is C15H23NO3. The van der Waals surface area contributed by atoms with Crippen molar-refractivity contribution in [1.82, 2.24) is 5.32 Å². The maximum atomic E-state index is 11.9. The summed E-state index contributed by atoms with van der Waals surface area (Å²) in [6.07, 6.45) is -0.587. The number of rotatable bonds is 6. The van der Waals surface area contributed by atoms with E-state index >= 15 is 0 Å². The summed E-state index contributed by atoms with van der Waals surface area (Å²) in [6.45, 7) is 7.53. The fourth-order valence-electron chi connectivity index (χ4n) is 1.60. The Morgan fingerprint density at radius 1 is 1.26 bits per heavy atom. The molecule has 1 aromatic rings. The van der Waals surface area contributed by atoms with E-state index in [0.29, 0.717) is 5.75 Å². The van der Waals surface area contributed by atoms with Crippen LogP contribution in [-0.4, -0.2) is 29.8 Å². The standard InChI is InChI=1S/C15H23NO3/c1-10(2)14(9-17)16-15(18)12(4)19-13-7-5-11(3)6-8-13/h5-8,10,12,14,17H,9H2,1-4H3,(H,16,18)/t12?,14-/m1/s1. The minimum Gasteiger partial charge on any atom is -0.481 e.